The zero-order chi connectivity index (χ0) is 21.3. The second kappa shape index (κ2) is 8.03. The molecule has 7 nitrogen and oxygen atoms in total. The number of fused-ring (bicyclic) bond motifs is 1. The van der Waals surface area contributed by atoms with E-state index < -0.39 is 40.8 Å². The normalized spacial score (nSPS) is 12.1. The van der Waals surface area contributed by atoms with Gasteiger partial charge in [-0.25, -0.2) is 35.7 Å². The Morgan fingerprint density at radius 1 is 1.28 bits per heavy atom. The molecule has 0 atom stereocenters. The summed E-state index contributed by atoms with van der Waals surface area (Å²) in [5, 5.41) is -0.229. The highest BCUT2D eigenvalue weighted by Crippen LogP contribution is 2.36. The highest BCUT2D eigenvalue weighted by Gasteiger charge is 2.25. The third-order valence-corrected chi connectivity index (χ3v) is 5.63. The average molecular weight is 453 g/mol. The van der Waals surface area contributed by atoms with Crippen LogP contribution in [0.2, 0.25) is 5.02 Å². The van der Waals surface area contributed by atoms with Crippen LogP contribution in [0.15, 0.2) is 29.4 Å². The largest absolute Gasteiger partial charge is 0.481 e. The fourth-order valence-electron chi connectivity index (χ4n) is 2.70. The summed E-state index contributed by atoms with van der Waals surface area (Å²) in [6, 6.07) is 2.44. The number of nitrogens with zero attached hydrogens (tertiary/aromatic N) is 2. The van der Waals surface area contributed by atoms with Gasteiger partial charge in [0, 0.05) is 29.8 Å². The Kier molecular flexibility index (Phi) is 5.85. The molecule has 2 aromatic heterocycles. The zero-order valence-corrected chi connectivity index (χ0v) is 16.2. The number of aromatic nitrogens is 3. The van der Waals surface area contributed by atoms with Crippen molar-refractivity contribution in [2.45, 2.75) is 24.2 Å². The molecule has 0 aliphatic rings. The summed E-state index contributed by atoms with van der Waals surface area (Å²) in [6.45, 7) is 0. The third-order valence-electron chi connectivity index (χ3n) is 3.93. The molecule has 0 radical (unpaired) electrons. The van der Waals surface area contributed by atoms with Crippen LogP contribution in [0.1, 0.15) is 17.6 Å². The zero-order valence-electron chi connectivity index (χ0n) is 14.6. The molecule has 13 heteroatoms. The Morgan fingerprint density at radius 3 is 2.62 bits per heavy atom. The predicted octanol–water partition coefficient (Wildman–Crippen LogP) is 4.17. The number of alkyl halides is 4. The average Bonchev–Trinajstić information content (AvgIpc) is 3.06. The maximum atomic E-state index is 13.3. The first-order valence-corrected chi connectivity index (χ1v) is 9.78. The van der Waals surface area contributed by atoms with Crippen LogP contribution in [-0.4, -0.2) is 36.9 Å². The summed E-state index contributed by atoms with van der Waals surface area (Å²) in [5.74, 6) is -0.652. The maximum absolute atomic E-state index is 13.3. The fourth-order valence-corrected chi connectivity index (χ4v) is 4.07. The van der Waals surface area contributed by atoms with Gasteiger partial charge in [-0.05, 0) is 12.1 Å². The Hall–Kier alpha value is -2.60. The number of hydrogen-bond donors (Lipinski definition) is 2. The van der Waals surface area contributed by atoms with Crippen LogP contribution in [0, 0.1) is 0 Å². The van der Waals surface area contributed by atoms with Gasteiger partial charge in [0.05, 0.1) is 23.2 Å². The fraction of sp³-hybridized carbons (Fsp3) is 0.250. The summed E-state index contributed by atoms with van der Waals surface area (Å²) < 4.78 is 84.1. The molecule has 0 aliphatic carbocycles. The van der Waals surface area contributed by atoms with Gasteiger partial charge in [-0.2, -0.15) is 4.98 Å². The maximum Gasteiger partial charge on any atom is 0.267 e. The van der Waals surface area contributed by atoms with Gasteiger partial charge in [-0.1, -0.05) is 11.6 Å². The molecule has 0 amide bonds. The standard InChI is InChI=1S/C16H13ClF4N4O3S/c1-28-15-7(4-11(18)19)5-23-16(24-15)25-29(26,27)10-6-22-13-8(10)2-3-9(17)12(13)14(20)21/h2-3,5-6,11,14,22H,4H2,1H3,(H,23,24,25). The van der Waals surface area contributed by atoms with Crippen LogP contribution in [0.4, 0.5) is 23.5 Å². The quantitative estimate of drug-likeness (QED) is 0.524. The highest BCUT2D eigenvalue weighted by atomic mass is 35.5. The number of ether oxygens (including phenoxy) is 1. The van der Waals surface area contributed by atoms with Crippen molar-refractivity contribution in [3.63, 3.8) is 0 Å². The summed E-state index contributed by atoms with van der Waals surface area (Å²) in [6.07, 6.45) is -4.23. The third kappa shape index (κ3) is 4.22. The van der Waals surface area contributed by atoms with E-state index in [2.05, 4.69) is 19.7 Å². The Bertz CT molecular complexity index is 1150. The lowest BCUT2D eigenvalue weighted by Gasteiger charge is -2.10. The van der Waals surface area contributed by atoms with Crippen molar-refractivity contribution in [2.24, 2.45) is 0 Å². The second-order valence-corrected chi connectivity index (χ2v) is 7.82. The number of anilines is 1. The van der Waals surface area contributed by atoms with Crippen molar-refractivity contribution in [1.82, 2.24) is 15.0 Å². The van der Waals surface area contributed by atoms with Crippen LogP contribution < -0.4 is 9.46 Å². The minimum absolute atomic E-state index is 0.00578. The lowest BCUT2D eigenvalue weighted by atomic mass is 10.1. The van der Waals surface area contributed by atoms with E-state index in [4.69, 9.17) is 16.3 Å². The van der Waals surface area contributed by atoms with Crippen LogP contribution in [0.3, 0.4) is 0 Å². The number of H-pyrrole nitrogens is 1. The van der Waals surface area contributed by atoms with E-state index in [0.29, 0.717) is 0 Å². The van der Waals surface area contributed by atoms with E-state index >= 15 is 0 Å². The molecule has 156 valence electrons. The van der Waals surface area contributed by atoms with Crippen molar-refractivity contribution in [3.05, 3.63) is 40.7 Å². The van der Waals surface area contributed by atoms with Crippen LogP contribution in [0.5, 0.6) is 5.88 Å². The first kappa shape index (κ1) is 21.1. The lowest BCUT2D eigenvalue weighted by Crippen LogP contribution is -2.15. The van der Waals surface area contributed by atoms with Crippen molar-refractivity contribution < 1.29 is 30.7 Å². The SMILES string of the molecule is COc1nc(NS(=O)(=O)c2c[nH]c3c(C(F)F)c(Cl)ccc23)ncc1CC(F)F. The molecule has 29 heavy (non-hydrogen) atoms. The summed E-state index contributed by atoms with van der Waals surface area (Å²) >= 11 is 5.78. The molecule has 0 saturated heterocycles. The minimum atomic E-state index is -4.31. The molecule has 3 rings (SSSR count). The van der Waals surface area contributed by atoms with E-state index in [-0.39, 0.29) is 32.3 Å². The molecule has 2 heterocycles. The van der Waals surface area contributed by atoms with Crippen molar-refractivity contribution >= 4 is 38.5 Å². The Balaban J connectivity index is 1.99. The summed E-state index contributed by atoms with van der Waals surface area (Å²) in [5.41, 5.74) is -0.660. The van der Waals surface area contributed by atoms with Gasteiger partial charge in [0.1, 0.15) is 4.90 Å². The van der Waals surface area contributed by atoms with E-state index in [9.17, 15) is 26.0 Å². The number of rotatable bonds is 7. The molecule has 0 saturated carbocycles. The van der Waals surface area contributed by atoms with Crippen LogP contribution in [0.25, 0.3) is 10.9 Å². The van der Waals surface area contributed by atoms with Gasteiger partial charge in [0.2, 0.25) is 18.3 Å². The molecule has 0 bridgehead atoms. The number of hydrogen-bond acceptors (Lipinski definition) is 5. The smallest absolute Gasteiger partial charge is 0.267 e. The molecule has 0 unspecified atom stereocenters. The van der Waals surface area contributed by atoms with Gasteiger partial charge in [0.15, 0.2) is 0 Å². The van der Waals surface area contributed by atoms with Crippen molar-refractivity contribution in [2.75, 3.05) is 11.8 Å². The molecule has 0 fully saturated rings. The second-order valence-electron chi connectivity index (χ2n) is 5.77. The lowest BCUT2D eigenvalue weighted by molar-refractivity contribution is 0.147. The molecule has 2 N–H and O–H groups in total. The first-order valence-electron chi connectivity index (χ1n) is 7.92. The Labute approximate surface area is 167 Å². The molecule has 1 aromatic carbocycles. The van der Waals surface area contributed by atoms with Crippen molar-refractivity contribution in [1.29, 1.82) is 0 Å². The number of sulfonamides is 1. The van der Waals surface area contributed by atoms with Crippen molar-refractivity contribution in [3.8, 4) is 5.88 Å². The number of halogens is 5. The topological polar surface area (TPSA) is 97.0 Å². The van der Waals surface area contributed by atoms with E-state index in [1.54, 1.807) is 0 Å². The van der Waals surface area contributed by atoms with Crippen LogP contribution >= 0.6 is 11.6 Å². The van der Waals surface area contributed by atoms with Gasteiger partial charge in [0.25, 0.3) is 16.4 Å². The number of aromatic amines is 1. The van der Waals surface area contributed by atoms with Gasteiger partial charge in [-0.15, -0.1) is 0 Å². The molecule has 3 aromatic rings. The predicted molar refractivity (Wildman–Crippen MR) is 97.4 cm³/mol. The first-order chi connectivity index (χ1) is 13.6. The van der Waals surface area contributed by atoms with Gasteiger partial charge >= 0.3 is 0 Å². The minimum Gasteiger partial charge on any atom is -0.481 e. The molecule has 0 aliphatic heterocycles. The van der Waals surface area contributed by atoms with Gasteiger partial charge < -0.3 is 9.72 Å². The monoisotopic (exact) mass is 452 g/mol. The van der Waals surface area contributed by atoms with Crippen LogP contribution in [-0.2, 0) is 16.4 Å². The summed E-state index contributed by atoms with van der Waals surface area (Å²) in [7, 11) is -3.13. The molecule has 0 spiro atoms. The van der Waals surface area contributed by atoms with E-state index in [0.717, 1.165) is 18.5 Å². The van der Waals surface area contributed by atoms with E-state index in [1.807, 2.05) is 0 Å². The molecular formula is C16H13ClF4N4O3S. The van der Waals surface area contributed by atoms with E-state index in [1.165, 1.54) is 13.2 Å². The summed E-state index contributed by atoms with van der Waals surface area (Å²) in [4.78, 5) is 9.63. The molecular weight excluding hydrogens is 440 g/mol. The Morgan fingerprint density at radius 2 is 2.00 bits per heavy atom. The van der Waals surface area contributed by atoms with Gasteiger partial charge in [-0.3, -0.25) is 0 Å². The number of benzene rings is 1. The number of nitrogens with one attached hydrogen (secondary N) is 2. The highest BCUT2D eigenvalue weighted by molar-refractivity contribution is 7.93. The number of methoxy groups -OCH3 is 1.